The fourth-order valence-electron chi connectivity index (χ4n) is 1.99. The van der Waals surface area contributed by atoms with Gasteiger partial charge in [0.15, 0.2) is 11.9 Å². The van der Waals surface area contributed by atoms with Crippen molar-refractivity contribution in [2.45, 2.75) is 81.3 Å². The number of Topliss-reactive ketones (excluding diaryl/α,β-unsaturated/α-hetero) is 1. The average molecular weight is 457 g/mol. The SMILES string of the molecule is C/C=C\C=C/C.C=C/C=C\C(OC(C(C)=O)c1ccc(OC)cc1)=C(C)C.CCC.CCC. The monoisotopic (exact) mass is 456 g/mol. The van der Waals surface area contributed by atoms with Crippen molar-refractivity contribution in [3.63, 3.8) is 0 Å². The molecule has 0 aliphatic heterocycles. The average Bonchev–Trinajstić information content (AvgIpc) is 2.79. The van der Waals surface area contributed by atoms with Gasteiger partial charge in [0, 0.05) is 5.56 Å². The molecule has 0 aliphatic rings. The van der Waals surface area contributed by atoms with Crippen LogP contribution in [0.4, 0.5) is 0 Å². The number of hydrogen-bond acceptors (Lipinski definition) is 3. The first-order valence-corrected chi connectivity index (χ1v) is 11.8. The highest BCUT2D eigenvalue weighted by atomic mass is 16.5. The van der Waals surface area contributed by atoms with Gasteiger partial charge in [-0.25, -0.2) is 0 Å². The lowest BCUT2D eigenvalue weighted by atomic mass is 10.1. The van der Waals surface area contributed by atoms with Crippen molar-refractivity contribution in [2.75, 3.05) is 7.11 Å². The molecule has 0 N–H and O–H groups in total. The number of methoxy groups -OCH3 is 1. The summed E-state index contributed by atoms with van der Waals surface area (Å²) in [5.74, 6) is 1.37. The Balaban J connectivity index is -0.000000621. The molecule has 1 aromatic rings. The predicted octanol–water partition coefficient (Wildman–Crippen LogP) is 9.35. The molecule has 0 spiro atoms. The summed E-state index contributed by atoms with van der Waals surface area (Å²) in [5, 5.41) is 0. The predicted molar refractivity (Wildman–Crippen MR) is 147 cm³/mol. The molecule has 0 bridgehead atoms. The molecule has 0 heterocycles. The molecular formula is C30H48O3. The van der Waals surface area contributed by atoms with Crippen LogP contribution in [0.25, 0.3) is 0 Å². The highest BCUT2D eigenvalue weighted by Gasteiger charge is 2.19. The van der Waals surface area contributed by atoms with E-state index in [2.05, 4.69) is 34.3 Å². The molecule has 0 aromatic heterocycles. The Morgan fingerprint density at radius 2 is 1.36 bits per heavy atom. The quantitative estimate of drug-likeness (QED) is 0.289. The smallest absolute Gasteiger partial charge is 0.181 e. The highest BCUT2D eigenvalue weighted by molar-refractivity contribution is 5.82. The van der Waals surface area contributed by atoms with Crippen molar-refractivity contribution >= 4 is 5.78 Å². The second-order valence-electron chi connectivity index (χ2n) is 7.31. The maximum Gasteiger partial charge on any atom is 0.181 e. The topological polar surface area (TPSA) is 35.5 Å². The Kier molecular flexibility index (Phi) is 26.8. The zero-order valence-corrected chi connectivity index (χ0v) is 22.8. The molecule has 33 heavy (non-hydrogen) atoms. The Morgan fingerprint density at radius 3 is 1.67 bits per heavy atom. The normalized spacial score (nSPS) is 10.7. The summed E-state index contributed by atoms with van der Waals surface area (Å²) in [6.45, 7) is 21.5. The molecule has 1 unspecified atom stereocenters. The van der Waals surface area contributed by atoms with Gasteiger partial charge in [-0.05, 0) is 58.4 Å². The molecule has 0 amide bonds. The molecule has 3 heteroatoms. The lowest BCUT2D eigenvalue weighted by Gasteiger charge is -2.19. The van der Waals surface area contributed by atoms with Crippen LogP contribution < -0.4 is 4.74 Å². The largest absolute Gasteiger partial charge is 0.497 e. The molecule has 186 valence electrons. The van der Waals surface area contributed by atoms with Crippen LogP contribution in [-0.4, -0.2) is 12.9 Å². The third-order valence-electron chi connectivity index (χ3n) is 3.41. The lowest BCUT2D eigenvalue weighted by Crippen LogP contribution is -2.13. The van der Waals surface area contributed by atoms with E-state index in [1.165, 1.54) is 19.8 Å². The first kappa shape index (κ1) is 34.8. The third kappa shape index (κ3) is 20.8. The Morgan fingerprint density at radius 1 is 0.909 bits per heavy atom. The van der Waals surface area contributed by atoms with Gasteiger partial charge >= 0.3 is 0 Å². The Hall–Kier alpha value is -2.81. The molecule has 0 aliphatic carbocycles. The number of ether oxygens (including phenoxy) is 2. The number of rotatable bonds is 8. The van der Waals surface area contributed by atoms with Gasteiger partial charge in [0.05, 0.1) is 7.11 Å². The van der Waals surface area contributed by atoms with E-state index < -0.39 is 6.10 Å². The molecule has 1 atom stereocenters. The lowest BCUT2D eigenvalue weighted by molar-refractivity contribution is -0.126. The first-order chi connectivity index (χ1) is 15.7. The molecule has 0 radical (unpaired) electrons. The highest BCUT2D eigenvalue weighted by Crippen LogP contribution is 2.25. The van der Waals surface area contributed by atoms with Crippen LogP contribution in [-0.2, 0) is 9.53 Å². The summed E-state index contributed by atoms with van der Waals surface area (Å²) >= 11 is 0. The maximum absolute atomic E-state index is 11.9. The van der Waals surface area contributed by atoms with Crippen molar-refractivity contribution < 1.29 is 14.3 Å². The van der Waals surface area contributed by atoms with Crippen molar-refractivity contribution in [1.29, 1.82) is 0 Å². The number of ketones is 1. The zero-order chi connectivity index (χ0) is 26.1. The van der Waals surface area contributed by atoms with Crippen LogP contribution in [0.3, 0.4) is 0 Å². The van der Waals surface area contributed by atoms with Crippen LogP contribution in [0.1, 0.15) is 86.8 Å². The van der Waals surface area contributed by atoms with Crippen LogP contribution in [0.5, 0.6) is 5.75 Å². The number of carbonyl (C=O) groups excluding carboxylic acids is 1. The van der Waals surface area contributed by atoms with Crippen LogP contribution >= 0.6 is 0 Å². The van der Waals surface area contributed by atoms with Gasteiger partial charge in [-0.1, -0.05) is 95.7 Å². The van der Waals surface area contributed by atoms with E-state index in [9.17, 15) is 4.79 Å². The van der Waals surface area contributed by atoms with Crippen molar-refractivity contribution in [2.24, 2.45) is 0 Å². The summed E-state index contributed by atoms with van der Waals surface area (Å²) in [5.41, 5.74) is 1.79. The molecule has 1 rings (SSSR count). The first-order valence-electron chi connectivity index (χ1n) is 11.8. The van der Waals surface area contributed by atoms with Crippen LogP contribution in [0.15, 0.2) is 84.7 Å². The Bertz CT molecular complexity index is 703. The van der Waals surface area contributed by atoms with Crippen molar-refractivity contribution in [3.05, 3.63) is 90.3 Å². The number of allylic oxidation sites excluding steroid dienone is 8. The molecule has 1 aromatic carbocycles. The van der Waals surface area contributed by atoms with Gasteiger partial charge in [0.25, 0.3) is 0 Å². The second-order valence-corrected chi connectivity index (χ2v) is 7.31. The summed E-state index contributed by atoms with van der Waals surface area (Å²) < 4.78 is 11.0. The van der Waals surface area contributed by atoms with E-state index in [0.717, 1.165) is 16.9 Å². The number of carbonyl (C=O) groups is 1. The molecule has 3 nitrogen and oxygen atoms in total. The van der Waals surface area contributed by atoms with Crippen molar-refractivity contribution in [3.8, 4) is 5.75 Å². The van der Waals surface area contributed by atoms with Crippen LogP contribution in [0, 0.1) is 0 Å². The Labute approximate surface area is 204 Å². The van der Waals surface area contributed by atoms with Crippen molar-refractivity contribution in [1.82, 2.24) is 0 Å². The van der Waals surface area contributed by atoms with Gasteiger partial charge in [-0.2, -0.15) is 0 Å². The minimum Gasteiger partial charge on any atom is -0.497 e. The number of hydrogen-bond donors (Lipinski definition) is 0. The maximum atomic E-state index is 11.9. The summed E-state index contributed by atoms with van der Waals surface area (Å²) in [6.07, 6.45) is 15.1. The fraction of sp³-hybridized carbons (Fsp3) is 0.433. The summed E-state index contributed by atoms with van der Waals surface area (Å²) in [7, 11) is 1.61. The molecular weight excluding hydrogens is 408 g/mol. The number of benzene rings is 1. The van der Waals surface area contributed by atoms with Gasteiger partial charge in [-0.3, -0.25) is 4.79 Å². The van der Waals surface area contributed by atoms with Crippen LogP contribution in [0.2, 0.25) is 0 Å². The zero-order valence-electron chi connectivity index (χ0n) is 22.8. The van der Waals surface area contributed by atoms with E-state index in [-0.39, 0.29) is 5.78 Å². The van der Waals surface area contributed by atoms with E-state index >= 15 is 0 Å². The van der Waals surface area contributed by atoms with Gasteiger partial charge < -0.3 is 9.47 Å². The summed E-state index contributed by atoms with van der Waals surface area (Å²) in [6, 6.07) is 7.31. The molecule has 0 saturated heterocycles. The molecule has 0 saturated carbocycles. The summed E-state index contributed by atoms with van der Waals surface area (Å²) in [4.78, 5) is 11.9. The minimum atomic E-state index is -0.629. The minimum absolute atomic E-state index is 0.0501. The molecule has 0 fully saturated rings. The third-order valence-corrected chi connectivity index (χ3v) is 3.41. The van der Waals surface area contributed by atoms with E-state index in [0.29, 0.717) is 5.76 Å². The van der Waals surface area contributed by atoms with Gasteiger partial charge in [0.1, 0.15) is 11.5 Å². The van der Waals surface area contributed by atoms with E-state index in [1.54, 1.807) is 19.3 Å². The van der Waals surface area contributed by atoms with E-state index in [1.807, 2.05) is 82.3 Å². The standard InChI is InChI=1S/C18H22O3.C6H10.2C3H8/c1-6-7-8-17(13(2)3)21-18(14(4)19)15-9-11-16(20-5)12-10-15;1-3-5-6-4-2;2*1-3-2/h6-12,18H,1H2,2-5H3;3-6H,1-2H3;2*3H2,1-2H3/b8-7-;5-3-,6-4-;;. The van der Waals surface area contributed by atoms with Gasteiger partial charge in [0.2, 0.25) is 0 Å². The fourth-order valence-corrected chi connectivity index (χ4v) is 1.99. The van der Waals surface area contributed by atoms with Gasteiger partial charge in [-0.15, -0.1) is 0 Å². The second kappa shape index (κ2) is 25.5. The van der Waals surface area contributed by atoms with E-state index in [4.69, 9.17) is 9.47 Å².